The number of amides is 1. The van der Waals surface area contributed by atoms with Crippen LogP contribution in [0.25, 0.3) is 0 Å². The first kappa shape index (κ1) is 14.6. The van der Waals surface area contributed by atoms with Crippen LogP contribution in [0, 0.1) is 0 Å². The van der Waals surface area contributed by atoms with Crippen molar-refractivity contribution in [2.24, 2.45) is 0 Å². The molecule has 0 atom stereocenters. The lowest BCUT2D eigenvalue weighted by Gasteiger charge is -2.07. The molecular weight excluding hydrogens is 299 g/mol. The van der Waals surface area contributed by atoms with E-state index in [4.69, 9.17) is 10.7 Å². The average Bonchev–Trinajstić information content (AvgIpc) is 2.13. The Labute approximate surface area is 104 Å². The highest BCUT2D eigenvalue weighted by Crippen LogP contribution is 2.30. The molecule has 18 heavy (non-hydrogen) atoms. The topological polar surface area (TPSA) is 72.5 Å². The summed E-state index contributed by atoms with van der Waals surface area (Å²) in [6.07, 6.45) is -5.94. The van der Waals surface area contributed by atoms with Crippen LogP contribution >= 0.6 is 10.7 Å². The Bertz CT molecular complexity index is 540. The summed E-state index contributed by atoms with van der Waals surface area (Å²) in [7, 11) is 0.384. The molecule has 10 heteroatoms. The number of ether oxygens (including phenoxy) is 1. The average molecular weight is 304 g/mol. The molecule has 0 aliphatic carbocycles. The summed E-state index contributed by atoms with van der Waals surface area (Å²) in [4.78, 5) is 10.9. The minimum absolute atomic E-state index is 0.263. The Morgan fingerprint density at radius 2 is 1.72 bits per heavy atom. The number of carbonyl (C=O) groups excluding carboxylic acids is 1. The molecule has 1 aromatic carbocycles. The highest BCUT2D eigenvalue weighted by Gasteiger charge is 2.30. The summed E-state index contributed by atoms with van der Waals surface area (Å²) in [5.41, 5.74) is -0.930. The molecule has 0 saturated heterocycles. The molecule has 1 amide bonds. The van der Waals surface area contributed by atoms with Crippen molar-refractivity contribution in [3.8, 4) is 5.75 Å². The second kappa shape index (κ2) is 5.02. The van der Waals surface area contributed by atoms with E-state index in [1.807, 2.05) is 0 Å². The zero-order valence-corrected chi connectivity index (χ0v) is 9.93. The van der Waals surface area contributed by atoms with Crippen molar-refractivity contribution < 1.29 is 31.1 Å². The summed E-state index contributed by atoms with van der Waals surface area (Å²) in [6, 6.07) is 3.09. The second-order valence-electron chi connectivity index (χ2n) is 2.95. The molecule has 5 nitrogen and oxygen atoms in total. The van der Waals surface area contributed by atoms with E-state index in [0.29, 0.717) is 12.1 Å². The van der Waals surface area contributed by atoms with E-state index in [1.165, 1.54) is 4.72 Å². The number of hydrogen-bond acceptors (Lipinski definition) is 4. The smallest absolute Gasteiger partial charge is 0.410 e. The molecule has 0 bridgehead atoms. The third kappa shape index (κ3) is 4.80. The molecule has 0 saturated carbocycles. The monoisotopic (exact) mass is 303 g/mol. The van der Waals surface area contributed by atoms with Crippen molar-refractivity contribution in [3.05, 3.63) is 29.8 Å². The predicted molar refractivity (Wildman–Crippen MR) is 55.4 cm³/mol. The molecule has 0 heterocycles. The van der Waals surface area contributed by atoms with Gasteiger partial charge in [0.25, 0.3) is 0 Å². The van der Waals surface area contributed by atoms with Gasteiger partial charge in [-0.25, -0.2) is 9.52 Å². The molecule has 100 valence electrons. The molecule has 0 fully saturated rings. The van der Waals surface area contributed by atoms with Crippen molar-refractivity contribution in [1.29, 1.82) is 0 Å². The van der Waals surface area contributed by atoms with Crippen LogP contribution in [-0.4, -0.2) is 14.5 Å². The van der Waals surface area contributed by atoms with Gasteiger partial charge in [-0.2, -0.15) is 21.6 Å². The summed E-state index contributed by atoms with van der Waals surface area (Å²) in [5.74, 6) is -0.263. The van der Waals surface area contributed by atoms with Crippen LogP contribution in [-0.2, 0) is 15.4 Å². The van der Waals surface area contributed by atoms with Crippen LogP contribution < -0.4 is 9.46 Å². The minimum Gasteiger partial charge on any atom is -0.410 e. The van der Waals surface area contributed by atoms with Crippen LogP contribution in [0.2, 0.25) is 0 Å². The van der Waals surface area contributed by atoms with Crippen LogP contribution in [0.15, 0.2) is 24.3 Å². The summed E-state index contributed by atoms with van der Waals surface area (Å²) in [6.45, 7) is 0. The molecule has 0 radical (unpaired) electrons. The second-order valence-corrected chi connectivity index (χ2v) is 5.25. The molecular formula is C8H5ClF3NO4S. The maximum Gasteiger partial charge on any atom is 0.427 e. The van der Waals surface area contributed by atoms with Gasteiger partial charge in [-0.1, -0.05) is 0 Å². The predicted octanol–water partition coefficient (Wildman–Crippen LogP) is 2.28. The zero-order valence-electron chi connectivity index (χ0n) is 8.36. The van der Waals surface area contributed by atoms with E-state index in [-0.39, 0.29) is 5.75 Å². The number of rotatable bonds is 2. The number of carbonyl (C=O) groups is 1. The van der Waals surface area contributed by atoms with Gasteiger partial charge in [0.1, 0.15) is 5.75 Å². The van der Waals surface area contributed by atoms with Gasteiger partial charge in [0.05, 0.1) is 5.56 Å². The van der Waals surface area contributed by atoms with Crippen molar-refractivity contribution in [3.63, 3.8) is 0 Å². The zero-order chi connectivity index (χ0) is 14.0. The fourth-order valence-corrected chi connectivity index (χ4v) is 1.37. The first-order valence-electron chi connectivity index (χ1n) is 4.19. The number of hydrogen-bond donors (Lipinski definition) is 1. The van der Waals surface area contributed by atoms with Crippen molar-refractivity contribution in [2.45, 2.75) is 6.18 Å². The SMILES string of the molecule is O=C(NS(=O)(=O)Cl)Oc1ccc(C(F)(F)F)cc1. The van der Waals surface area contributed by atoms with Crippen molar-refractivity contribution in [1.82, 2.24) is 4.72 Å². The van der Waals surface area contributed by atoms with Gasteiger partial charge in [0, 0.05) is 10.7 Å². The van der Waals surface area contributed by atoms with E-state index < -0.39 is 27.1 Å². The maximum absolute atomic E-state index is 12.2. The molecule has 0 aliphatic heterocycles. The number of alkyl halides is 3. The Hall–Kier alpha value is -1.48. The highest BCUT2D eigenvalue weighted by atomic mass is 35.7. The van der Waals surface area contributed by atoms with Gasteiger partial charge < -0.3 is 4.74 Å². The van der Waals surface area contributed by atoms with Gasteiger partial charge in [-0.3, -0.25) is 0 Å². The van der Waals surface area contributed by atoms with Gasteiger partial charge in [0.15, 0.2) is 0 Å². The van der Waals surface area contributed by atoms with Gasteiger partial charge in [0.2, 0.25) is 0 Å². The molecule has 0 spiro atoms. The van der Waals surface area contributed by atoms with Gasteiger partial charge in [-0.15, -0.1) is 0 Å². The quantitative estimate of drug-likeness (QED) is 0.851. The fraction of sp³-hybridized carbons (Fsp3) is 0.125. The normalized spacial score (nSPS) is 12.0. The van der Waals surface area contributed by atoms with Crippen LogP contribution in [0.5, 0.6) is 5.75 Å². The van der Waals surface area contributed by atoms with Gasteiger partial charge >= 0.3 is 21.5 Å². The van der Waals surface area contributed by atoms with E-state index in [0.717, 1.165) is 12.1 Å². The Morgan fingerprint density at radius 1 is 1.22 bits per heavy atom. The molecule has 0 unspecified atom stereocenters. The summed E-state index contributed by atoms with van der Waals surface area (Å²) < 4.78 is 63.1. The number of benzene rings is 1. The Kier molecular flexibility index (Phi) is 4.07. The van der Waals surface area contributed by atoms with Crippen molar-refractivity contribution in [2.75, 3.05) is 0 Å². The van der Waals surface area contributed by atoms with E-state index >= 15 is 0 Å². The largest absolute Gasteiger partial charge is 0.427 e. The van der Waals surface area contributed by atoms with E-state index in [1.54, 1.807) is 0 Å². The lowest BCUT2D eigenvalue weighted by molar-refractivity contribution is -0.137. The van der Waals surface area contributed by atoms with Gasteiger partial charge in [-0.05, 0) is 24.3 Å². The standard InChI is InChI=1S/C8H5ClF3NO4S/c9-18(15,16)13-7(14)17-6-3-1-5(2-4-6)8(10,11)12/h1-4H,(H,13,14). The Morgan fingerprint density at radius 3 is 2.11 bits per heavy atom. The first-order valence-corrected chi connectivity index (χ1v) is 6.50. The summed E-state index contributed by atoms with van der Waals surface area (Å²) >= 11 is 0. The summed E-state index contributed by atoms with van der Waals surface area (Å²) in [5, 5.41) is 0. The Balaban J connectivity index is 2.73. The van der Waals surface area contributed by atoms with E-state index in [9.17, 15) is 26.4 Å². The third-order valence-corrected chi connectivity index (χ3v) is 2.24. The molecule has 1 aromatic rings. The highest BCUT2D eigenvalue weighted by molar-refractivity contribution is 8.12. The lowest BCUT2D eigenvalue weighted by Crippen LogP contribution is -2.29. The van der Waals surface area contributed by atoms with Crippen LogP contribution in [0.1, 0.15) is 5.56 Å². The molecule has 0 aromatic heterocycles. The molecule has 1 N–H and O–H groups in total. The maximum atomic E-state index is 12.2. The third-order valence-electron chi connectivity index (χ3n) is 1.60. The van der Waals surface area contributed by atoms with E-state index in [2.05, 4.69) is 4.74 Å². The van der Waals surface area contributed by atoms with Crippen LogP contribution in [0.4, 0.5) is 18.0 Å². The number of halogens is 4. The first-order chi connectivity index (χ1) is 8.08. The number of nitrogens with one attached hydrogen (secondary N) is 1. The van der Waals surface area contributed by atoms with Crippen LogP contribution in [0.3, 0.4) is 0 Å². The lowest BCUT2D eigenvalue weighted by atomic mass is 10.2. The molecule has 0 aliphatic rings. The minimum atomic E-state index is -4.51. The van der Waals surface area contributed by atoms with Crippen molar-refractivity contribution >= 4 is 26.0 Å². The molecule has 1 rings (SSSR count). The fourth-order valence-electron chi connectivity index (χ4n) is 0.939.